The fourth-order valence-corrected chi connectivity index (χ4v) is 1.18. The first kappa shape index (κ1) is 12.2. The number of carboxylic acid groups (broad SMARTS) is 1. The van der Waals surface area contributed by atoms with E-state index in [4.69, 9.17) is 9.84 Å². The van der Waals surface area contributed by atoms with Crippen LogP contribution in [0.15, 0.2) is 24.3 Å². The summed E-state index contributed by atoms with van der Waals surface area (Å²) >= 11 is 0. The van der Waals surface area contributed by atoms with Gasteiger partial charge in [0.25, 0.3) is 0 Å². The number of rotatable bonds is 4. The lowest BCUT2D eigenvalue weighted by atomic mass is 10.1. The molecule has 1 rings (SSSR count). The Morgan fingerprint density at radius 1 is 1.31 bits per heavy atom. The second-order valence-corrected chi connectivity index (χ2v) is 3.47. The van der Waals surface area contributed by atoms with E-state index in [1.165, 1.54) is 12.1 Å². The molecule has 1 aromatic rings. The predicted molar refractivity (Wildman–Crippen MR) is 58.6 cm³/mol. The van der Waals surface area contributed by atoms with Crippen molar-refractivity contribution >= 4 is 11.9 Å². The Balaban J connectivity index is 2.95. The number of aromatic carboxylic acids is 1. The van der Waals surface area contributed by atoms with Crippen molar-refractivity contribution in [3.8, 4) is 0 Å². The van der Waals surface area contributed by atoms with Gasteiger partial charge in [-0.2, -0.15) is 0 Å². The standard InChI is InChI=1S/C12H14O4/c1-3-8(2)16-12(15)10-7-5-4-6-9(10)11(13)14/h4-8H,3H2,1-2H3,(H,13,14)/t8-/m1/s1. The molecule has 0 radical (unpaired) electrons. The van der Waals surface area contributed by atoms with E-state index in [1.54, 1.807) is 19.1 Å². The summed E-state index contributed by atoms with van der Waals surface area (Å²) in [5.74, 6) is -1.72. The second-order valence-electron chi connectivity index (χ2n) is 3.47. The summed E-state index contributed by atoms with van der Waals surface area (Å²) in [6, 6.07) is 6.02. The Bertz CT molecular complexity index is 398. The molecule has 16 heavy (non-hydrogen) atoms. The van der Waals surface area contributed by atoms with Gasteiger partial charge >= 0.3 is 11.9 Å². The van der Waals surface area contributed by atoms with E-state index in [9.17, 15) is 9.59 Å². The number of hydrogen-bond acceptors (Lipinski definition) is 3. The van der Waals surface area contributed by atoms with Crippen molar-refractivity contribution in [1.82, 2.24) is 0 Å². The maximum Gasteiger partial charge on any atom is 0.339 e. The molecule has 0 aliphatic heterocycles. The molecule has 0 aliphatic rings. The summed E-state index contributed by atoms with van der Waals surface area (Å²) in [4.78, 5) is 22.5. The second kappa shape index (κ2) is 5.30. The van der Waals surface area contributed by atoms with Crippen LogP contribution in [-0.4, -0.2) is 23.1 Å². The van der Waals surface area contributed by atoms with Crippen LogP contribution in [0.4, 0.5) is 0 Å². The molecule has 1 N–H and O–H groups in total. The molecule has 0 aliphatic carbocycles. The topological polar surface area (TPSA) is 63.6 Å². The fraction of sp³-hybridized carbons (Fsp3) is 0.333. The quantitative estimate of drug-likeness (QED) is 0.794. The molecule has 0 amide bonds. The highest BCUT2D eigenvalue weighted by molar-refractivity contribution is 6.02. The highest BCUT2D eigenvalue weighted by Gasteiger charge is 2.18. The van der Waals surface area contributed by atoms with Crippen molar-refractivity contribution in [2.24, 2.45) is 0 Å². The summed E-state index contributed by atoms with van der Waals surface area (Å²) in [6.45, 7) is 3.66. The van der Waals surface area contributed by atoms with E-state index in [1.807, 2.05) is 6.92 Å². The number of esters is 1. The molecule has 0 spiro atoms. The zero-order valence-corrected chi connectivity index (χ0v) is 9.27. The minimum absolute atomic E-state index is 0.0317. The molecule has 1 aromatic carbocycles. The molecule has 0 unspecified atom stereocenters. The van der Waals surface area contributed by atoms with Crippen LogP contribution in [-0.2, 0) is 4.74 Å². The van der Waals surface area contributed by atoms with E-state index in [0.29, 0.717) is 6.42 Å². The van der Waals surface area contributed by atoms with Gasteiger partial charge in [0, 0.05) is 0 Å². The van der Waals surface area contributed by atoms with Crippen LogP contribution in [0.25, 0.3) is 0 Å². The average Bonchev–Trinajstić information content (AvgIpc) is 2.28. The van der Waals surface area contributed by atoms with Crippen LogP contribution in [0.1, 0.15) is 41.0 Å². The number of hydrogen-bond donors (Lipinski definition) is 1. The van der Waals surface area contributed by atoms with Crippen LogP contribution < -0.4 is 0 Å². The Labute approximate surface area is 93.9 Å². The SMILES string of the molecule is CC[C@@H](C)OC(=O)c1ccccc1C(=O)O. The van der Waals surface area contributed by atoms with Crippen molar-refractivity contribution in [2.75, 3.05) is 0 Å². The van der Waals surface area contributed by atoms with E-state index >= 15 is 0 Å². The van der Waals surface area contributed by atoms with Crippen LogP contribution in [0.3, 0.4) is 0 Å². The third-order valence-corrected chi connectivity index (χ3v) is 2.26. The summed E-state index contributed by atoms with van der Waals surface area (Å²) in [5, 5.41) is 8.90. The molecule has 86 valence electrons. The van der Waals surface area contributed by atoms with E-state index in [2.05, 4.69) is 0 Å². The maximum atomic E-state index is 11.7. The van der Waals surface area contributed by atoms with Crippen LogP contribution in [0.2, 0.25) is 0 Å². The van der Waals surface area contributed by atoms with Gasteiger partial charge in [-0.1, -0.05) is 19.1 Å². The molecule has 4 nitrogen and oxygen atoms in total. The van der Waals surface area contributed by atoms with Crippen molar-refractivity contribution in [3.05, 3.63) is 35.4 Å². The number of carbonyl (C=O) groups is 2. The Morgan fingerprint density at radius 3 is 2.38 bits per heavy atom. The first-order valence-electron chi connectivity index (χ1n) is 5.09. The smallest absolute Gasteiger partial charge is 0.339 e. The van der Waals surface area contributed by atoms with Crippen molar-refractivity contribution in [3.63, 3.8) is 0 Å². The fourth-order valence-electron chi connectivity index (χ4n) is 1.18. The molecular formula is C12H14O4. The first-order chi connectivity index (χ1) is 7.56. The van der Waals surface area contributed by atoms with Gasteiger partial charge in [0.15, 0.2) is 0 Å². The monoisotopic (exact) mass is 222 g/mol. The molecule has 0 heterocycles. The molecule has 0 saturated heterocycles. The summed E-state index contributed by atoms with van der Waals surface area (Å²) in [7, 11) is 0. The van der Waals surface area contributed by atoms with Gasteiger partial charge in [0.1, 0.15) is 0 Å². The lowest BCUT2D eigenvalue weighted by Gasteiger charge is -2.11. The molecule has 0 saturated carbocycles. The van der Waals surface area contributed by atoms with Gasteiger partial charge in [-0.15, -0.1) is 0 Å². The zero-order chi connectivity index (χ0) is 12.1. The van der Waals surface area contributed by atoms with Gasteiger partial charge in [0.2, 0.25) is 0 Å². The van der Waals surface area contributed by atoms with Gasteiger partial charge < -0.3 is 9.84 Å². The van der Waals surface area contributed by atoms with Crippen LogP contribution in [0.5, 0.6) is 0 Å². The van der Waals surface area contributed by atoms with Gasteiger partial charge in [0.05, 0.1) is 17.2 Å². The van der Waals surface area contributed by atoms with Gasteiger partial charge in [-0.25, -0.2) is 9.59 Å². The molecule has 0 fully saturated rings. The minimum Gasteiger partial charge on any atom is -0.478 e. The lowest BCUT2D eigenvalue weighted by Crippen LogP contribution is -2.17. The largest absolute Gasteiger partial charge is 0.478 e. The minimum atomic E-state index is -1.13. The summed E-state index contributed by atoms with van der Waals surface area (Å²) < 4.78 is 5.07. The Morgan fingerprint density at radius 2 is 1.88 bits per heavy atom. The van der Waals surface area contributed by atoms with Crippen LogP contribution in [0, 0.1) is 0 Å². The van der Waals surface area contributed by atoms with Gasteiger partial charge in [-0.05, 0) is 25.5 Å². The van der Waals surface area contributed by atoms with Crippen molar-refractivity contribution in [2.45, 2.75) is 26.4 Å². The summed E-state index contributed by atoms with van der Waals surface area (Å²) in [5.41, 5.74) is 0.0612. The number of carboxylic acids is 1. The van der Waals surface area contributed by atoms with E-state index in [-0.39, 0.29) is 17.2 Å². The summed E-state index contributed by atoms with van der Waals surface area (Å²) in [6.07, 6.45) is 0.482. The van der Waals surface area contributed by atoms with Gasteiger partial charge in [-0.3, -0.25) is 0 Å². The third kappa shape index (κ3) is 2.82. The Kier molecular flexibility index (Phi) is 4.05. The van der Waals surface area contributed by atoms with E-state index < -0.39 is 11.9 Å². The lowest BCUT2D eigenvalue weighted by molar-refractivity contribution is 0.0328. The zero-order valence-electron chi connectivity index (χ0n) is 9.27. The molecule has 0 aromatic heterocycles. The normalized spacial score (nSPS) is 11.9. The number of benzene rings is 1. The number of carbonyl (C=O) groups excluding carboxylic acids is 1. The molecular weight excluding hydrogens is 208 g/mol. The molecule has 4 heteroatoms. The number of ether oxygens (including phenoxy) is 1. The highest BCUT2D eigenvalue weighted by atomic mass is 16.5. The predicted octanol–water partition coefficient (Wildman–Crippen LogP) is 2.34. The Hall–Kier alpha value is -1.84. The molecule has 0 bridgehead atoms. The van der Waals surface area contributed by atoms with Crippen molar-refractivity contribution < 1.29 is 19.4 Å². The third-order valence-electron chi connectivity index (χ3n) is 2.26. The molecule has 1 atom stereocenters. The van der Waals surface area contributed by atoms with E-state index in [0.717, 1.165) is 0 Å². The van der Waals surface area contributed by atoms with Crippen molar-refractivity contribution in [1.29, 1.82) is 0 Å². The highest BCUT2D eigenvalue weighted by Crippen LogP contribution is 2.12. The first-order valence-corrected chi connectivity index (χ1v) is 5.09. The van der Waals surface area contributed by atoms with Crippen LogP contribution >= 0.6 is 0 Å². The average molecular weight is 222 g/mol. The maximum absolute atomic E-state index is 11.7.